The van der Waals surface area contributed by atoms with E-state index in [2.05, 4.69) is 29.5 Å². The predicted molar refractivity (Wildman–Crippen MR) is 93.0 cm³/mol. The van der Waals surface area contributed by atoms with E-state index in [-0.39, 0.29) is 12.1 Å². The topological polar surface area (TPSA) is 59.9 Å². The molecule has 0 radical (unpaired) electrons. The molecule has 0 aliphatic carbocycles. The summed E-state index contributed by atoms with van der Waals surface area (Å²) in [4.78, 5) is 18.2. The summed E-state index contributed by atoms with van der Waals surface area (Å²) in [5.41, 5.74) is 2.81. The number of hydrogen-bond donors (Lipinski definition) is 1. The molecule has 0 saturated carbocycles. The summed E-state index contributed by atoms with van der Waals surface area (Å²) >= 11 is 0. The van der Waals surface area contributed by atoms with Crippen molar-refractivity contribution in [1.82, 2.24) is 5.32 Å². The number of esters is 1. The van der Waals surface area contributed by atoms with Crippen molar-refractivity contribution in [3.05, 3.63) is 35.4 Å². The van der Waals surface area contributed by atoms with Crippen LogP contribution in [0.4, 0.5) is 0 Å². The van der Waals surface area contributed by atoms with Gasteiger partial charge in [-0.05, 0) is 38.8 Å². The highest BCUT2D eigenvalue weighted by atomic mass is 16.6. The zero-order chi connectivity index (χ0) is 17.0. The van der Waals surface area contributed by atoms with Crippen LogP contribution in [0, 0.1) is 12.3 Å². The van der Waals surface area contributed by atoms with Gasteiger partial charge in [-0.2, -0.15) is 0 Å². The zero-order valence-electron chi connectivity index (χ0n) is 14.5. The molecule has 1 saturated heterocycles. The summed E-state index contributed by atoms with van der Waals surface area (Å²) in [5, 5.41) is 7.64. The first-order chi connectivity index (χ1) is 11.6. The van der Waals surface area contributed by atoms with Gasteiger partial charge in [-0.3, -0.25) is 4.79 Å². The minimum absolute atomic E-state index is 0.0658. The van der Waals surface area contributed by atoms with E-state index in [1.807, 2.05) is 19.1 Å². The van der Waals surface area contributed by atoms with Crippen LogP contribution < -0.4 is 5.32 Å². The lowest BCUT2D eigenvalue weighted by Crippen LogP contribution is -2.48. The number of nitrogens with zero attached hydrogens (tertiary/aromatic N) is 1. The van der Waals surface area contributed by atoms with Crippen LogP contribution in [0.1, 0.15) is 43.7 Å². The summed E-state index contributed by atoms with van der Waals surface area (Å²) in [5.74, 6) is -0.106. The Hall–Kier alpha value is -1.88. The van der Waals surface area contributed by atoms with Crippen LogP contribution in [-0.2, 0) is 14.4 Å². The lowest BCUT2D eigenvalue weighted by atomic mass is 9.75. The van der Waals surface area contributed by atoms with Crippen LogP contribution >= 0.6 is 0 Å². The molecular weight excluding hydrogens is 304 g/mol. The molecular formula is C19H26N2O3. The fourth-order valence-electron chi connectivity index (χ4n) is 3.71. The number of rotatable bonds is 5. The highest BCUT2D eigenvalue weighted by Crippen LogP contribution is 2.36. The summed E-state index contributed by atoms with van der Waals surface area (Å²) in [6, 6.07) is 8.19. The standard InChI is InChI=1S/C19H26N2O3/c1-3-23-18(22)19(9-6-10-20-13-19)12-15-11-17(21-24-15)16-8-5-4-7-14(16)2/h4-5,7-8,15,20H,3,6,9-13H2,1-2H3. The van der Waals surface area contributed by atoms with E-state index in [1.54, 1.807) is 0 Å². The molecule has 0 amide bonds. The van der Waals surface area contributed by atoms with Crippen molar-refractivity contribution in [3.8, 4) is 0 Å². The molecule has 2 aliphatic heterocycles. The van der Waals surface area contributed by atoms with Gasteiger partial charge in [0, 0.05) is 24.9 Å². The van der Waals surface area contributed by atoms with Crippen LogP contribution in [0.2, 0.25) is 0 Å². The SMILES string of the molecule is CCOC(=O)C1(CC2CC(c3ccccc3C)=NO2)CCCNC1. The van der Waals surface area contributed by atoms with Crippen molar-refractivity contribution in [2.45, 2.75) is 45.6 Å². The van der Waals surface area contributed by atoms with Crippen molar-refractivity contribution in [2.75, 3.05) is 19.7 Å². The molecule has 24 heavy (non-hydrogen) atoms. The summed E-state index contributed by atoms with van der Waals surface area (Å²) in [6.45, 7) is 5.96. The largest absolute Gasteiger partial charge is 0.466 e. The van der Waals surface area contributed by atoms with Crippen molar-refractivity contribution < 1.29 is 14.4 Å². The Bertz CT molecular complexity index is 621. The maximum atomic E-state index is 12.6. The maximum Gasteiger partial charge on any atom is 0.313 e. The number of piperidine rings is 1. The second kappa shape index (κ2) is 7.34. The Balaban J connectivity index is 1.69. The Labute approximate surface area is 143 Å². The molecule has 2 heterocycles. The monoisotopic (exact) mass is 330 g/mol. The molecule has 0 spiro atoms. The molecule has 5 nitrogen and oxygen atoms in total. The minimum atomic E-state index is -0.490. The number of aryl methyl sites for hydroxylation is 1. The average Bonchev–Trinajstić information content (AvgIpc) is 3.04. The van der Waals surface area contributed by atoms with Gasteiger partial charge >= 0.3 is 5.97 Å². The van der Waals surface area contributed by atoms with Crippen molar-refractivity contribution in [3.63, 3.8) is 0 Å². The third kappa shape index (κ3) is 3.46. The normalized spacial score (nSPS) is 26.6. The quantitative estimate of drug-likeness (QED) is 0.844. The molecule has 1 N–H and O–H groups in total. The van der Waals surface area contributed by atoms with Crippen LogP contribution in [0.25, 0.3) is 0 Å². The fraction of sp³-hybridized carbons (Fsp3) is 0.579. The second-order valence-electron chi connectivity index (χ2n) is 6.77. The number of carbonyl (C=O) groups excluding carboxylic acids is 1. The Morgan fingerprint density at radius 3 is 3.00 bits per heavy atom. The first-order valence-corrected chi connectivity index (χ1v) is 8.81. The van der Waals surface area contributed by atoms with Gasteiger partial charge in [-0.1, -0.05) is 29.4 Å². The first-order valence-electron chi connectivity index (χ1n) is 8.81. The van der Waals surface area contributed by atoms with Crippen LogP contribution in [0.3, 0.4) is 0 Å². The Kier molecular flexibility index (Phi) is 5.19. The van der Waals surface area contributed by atoms with E-state index >= 15 is 0 Å². The van der Waals surface area contributed by atoms with Crippen molar-refractivity contribution in [2.24, 2.45) is 10.6 Å². The predicted octanol–water partition coefficient (Wildman–Crippen LogP) is 2.81. The number of oxime groups is 1. The average molecular weight is 330 g/mol. The molecule has 130 valence electrons. The van der Waals surface area contributed by atoms with Gasteiger partial charge < -0.3 is 14.9 Å². The lowest BCUT2D eigenvalue weighted by Gasteiger charge is -2.36. The summed E-state index contributed by atoms with van der Waals surface area (Å²) in [7, 11) is 0. The maximum absolute atomic E-state index is 12.6. The summed E-state index contributed by atoms with van der Waals surface area (Å²) < 4.78 is 5.35. The number of benzene rings is 1. The number of carbonyl (C=O) groups is 1. The molecule has 2 atom stereocenters. The molecule has 1 aromatic rings. The summed E-state index contributed by atoms with van der Waals surface area (Å²) in [6.07, 6.45) is 3.16. The van der Waals surface area contributed by atoms with Gasteiger partial charge in [0.25, 0.3) is 0 Å². The molecule has 0 bridgehead atoms. The zero-order valence-corrected chi connectivity index (χ0v) is 14.5. The number of nitrogens with one attached hydrogen (secondary N) is 1. The smallest absolute Gasteiger partial charge is 0.313 e. The second-order valence-corrected chi connectivity index (χ2v) is 6.77. The van der Waals surface area contributed by atoms with Crippen molar-refractivity contribution >= 4 is 11.7 Å². The molecule has 0 aromatic heterocycles. The molecule has 1 aromatic carbocycles. The molecule has 3 rings (SSSR count). The highest BCUT2D eigenvalue weighted by molar-refractivity contribution is 6.02. The van der Waals surface area contributed by atoms with Gasteiger partial charge in [0.05, 0.1) is 17.7 Å². The van der Waals surface area contributed by atoms with Gasteiger partial charge in [0.2, 0.25) is 0 Å². The van der Waals surface area contributed by atoms with Crippen LogP contribution in [-0.4, -0.2) is 37.5 Å². The molecule has 2 aliphatic rings. The van der Waals surface area contributed by atoms with Crippen LogP contribution in [0.15, 0.2) is 29.4 Å². The van der Waals surface area contributed by atoms with Crippen molar-refractivity contribution in [1.29, 1.82) is 0 Å². The molecule has 2 unspecified atom stereocenters. The molecule has 1 fully saturated rings. The Morgan fingerprint density at radius 2 is 2.29 bits per heavy atom. The third-order valence-corrected chi connectivity index (χ3v) is 4.99. The minimum Gasteiger partial charge on any atom is -0.466 e. The van der Waals surface area contributed by atoms with E-state index in [0.717, 1.165) is 37.1 Å². The van der Waals surface area contributed by atoms with Crippen LogP contribution in [0.5, 0.6) is 0 Å². The first kappa shape index (κ1) is 17.0. The van der Waals surface area contributed by atoms with E-state index in [0.29, 0.717) is 19.6 Å². The van der Waals surface area contributed by atoms with Gasteiger partial charge in [0.15, 0.2) is 0 Å². The Morgan fingerprint density at radius 1 is 1.46 bits per heavy atom. The fourth-order valence-corrected chi connectivity index (χ4v) is 3.71. The van der Waals surface area contributed by atoms with E-state index in [4.69, 9.17) is 9.57 Å². The van der Waals surface area contributed by atoms with E-state index in [9.17, 15) is 4.79 Å². The number of hydrogen-bond acceptors (Lipinski definition) is 5. The van der Waals surface area contributed by atoms with E-state index < -0.39 is 5.41 Å². The van der Waals surface area contributed by atoms with Gasteiger partial charge in [-0.15, -0.1) is 0 Å². The number of ether oxygens (including phenoxy) is 1. The highest BCUT2D eigenvalue weighted by Gasteiger charge is 2.44. The van der Waals surface area contributed by atoms with E-state index in [1.165, 1.54) is 5.56 Å². The lowest BCUT2D eigenvalue weighted by molar-refractivity contribution is -0.159. The van der Waals surface area contributed by atoms with Gasteiger partial charge in [0.1, 0.15) is 6.10 Å². The third-order valence-electron chi connectivity index (χ3n) is 4.99. The molecule has 5 heteroatoms. The van der Waals surface area contributed by atoms with Gasteiger partial charge in [-0.25, -0.2) is 0 Å².